The van der Waals surface area contributed by atoms with E-state index >= 15 is 0 Å². The Morgan fingerprint density at radius 1 is 0.929 bits per heavy atom. The molecule has 0 heterocycles. The fourth-order valence-corrected chi connectivity index (χ4v) is 3.56. The Balaban J connectivity index is 1.70. The van der Waals surface area contributed by atoms with Gasteiger partial charge in [0.1, 0.15) is 0 Å². The summed E-state index contributed by atoms with van der Waals surface area (Å²) in [6, 6.07) is 13.9. The van der Waals surface area contributed by atoms with Crippen LogP contribution < -0.4 is 21.3 Å². The molecule has 3 rings (SSSR count). The quantitative estimate of drug-likeness (QED) is 0.594. The Hall–Kier alpha value is -2.77. The van der Waals surface area contributed by atoms with E-state index in [1.54, 1.807) is 12.1 Å². The van der Waals surface area contributed by atoms with Gasteiger partial charge in [-0.3, -0.25) is 9.59 Å². The van der Waals surface area contributed by atoms with Gasteiger partial charge in [-0.15, -0.1) is 0 Å². The van der Waals surface area contributed by atoms with Crippen LogP contribution in [-0.2, 0) is 16.4 Å². The predicted octanol–water partition coefficient (Wildman–Crippen LogP) is 2.38. The van der Waals surface area contributed by atoms with E-state index in [4.69, 9.17) is 5.14 Å². The second-order valence-electron chi connectivity index (χ2n) is 7.05. The molecule has 0 unspecified atom stereocenters. The van der Waals surface area contributed by atoms with Crippen molar-refractivity contribution in [3.63, 3.8) is 0 Å². The van der Waals surface area contributed by atoms with E-state index in [1.807, 2.05) is 24.3 Å². The minimum atomic E-state index is -3.71. The van der Waals surface area contributed by atoms with Gasteiger partial charge in [0.25, 0.3) is 0 Å². The third kappa shape index (κ3) is 4.05. The number of nitrogens with two attached hydrogens (primary N) is 1. The number of rotatable bonds is 7. The molecule has 0 fully saturated rings. The maximum absolute atomic E-state index is 12.0. The molecule has 0 aliphatic rings. The monoisotopic (exact) mass is 398 g/mol. The van der Waals surface area contributed by atoms with Crippen molar-refractivity contribution in [2.24, 2.45) is 5.14 Å². The van der Waals surface area contributed by atoms with Crippen LogP contribution in [0, 0.1) is 0 Å². The zero-order chi connectivity index (χ0) is 20.5. The van der Waals surface area contributed by atoms with Crippen molar-refractivity contribution in [2.45, 2.75) is 31.1 Å². The molecule has 3 N–H and O–H groups in total. The van der Waals surface area contributed by atoms with E-state index in [2.05, 4.69) is 19.2 Å². The average molecular weight is 398 g/mol. The van der Waals surface area contributed by atoms with Crippen LogP contribution in [0.5, 0.6) is 0 Å². The highest BCUT2D eigenvalue weighted by molar-refractivity contribution is 7.89. The van der Waals surface area contributed by atoms with Crippen molar-refractivity contribution < 1.29 is 8.42 Å². The van der Waals surface area contributed by atoms with Crippen molar-refractivity contribution >= 4 is 15.7 Å². The lowest BCUT2D eigenvalue weighted by Gasteiger charge is -2.14. The van der Waals surface area contributed by atoms with Gasteiger partial charge in [-0.2, -0.15) is 0 Å². The zero-order valence-corrected chi connectivity index (χ0v) is 16.5. The van der Waals surface area contributed by atoms with Crippen molar-refractivity contribution in [2.75, 3.05) is 11.9 Å². The number of anilines is 1. The molecule has 0 aliphatic heterocycles. The van der Waals surface area contributed by atoms with E-state index in [0.717, 1.165) is 11.1 Å². The van der Waals surface area contributed by atoms with E-state index in [-0.39, 0.29) is 4.90 Å². The third-order valence-electron chi connectivity index (χ3n) is 4.74. The minimum absolute atomic E-state index is 0.0545. The maximum Gasteiger partial charge on any atom is 0.250 e. The molecule has 7 heteroatoms. The molecule has 0 amide bonds. The Labute approximate surface area is 163 Å². The number of benzene rings is 2. The van der Waals surface area contributed by atoms with Crippen molar-refractivity contribution in [1.29, 1.82) is 0 Å². The molecule has 3 aromatic rings. The average Bonchev–Trinajstić information content (AvgIpc) is 2.66. The summed E-state index contributed by atoms with van der Waals surface area (Å²) in [6.07, 6.45) is 0.565. The van der Waals surface area contributed by atoms with Crippen LogP contribution >= 0.6 is 0 Å². The molecule has 0 atom stereocenters. The summed E-state index contributed by atoms with van der Waals surface area (Å²) in [7, 11) is -3.71. The van der Waals surface area contributed by atoms with Gasteiger partial charge in [0.2, 0.25) is 20.9 Å². The lowest BCUT2D eigenvalue weighted by atomic mass is 9.95. The van der Waals surface area contributed by atoms with E-state index in [1.165, 1.54) is 17.7 Å². The summed E-state index contributed by atoms with van der Waals surface area (Å²) >= 11 is 0. The summed E-state index contributed by atoms with van der Waals surface area (Å²) in [5.41, 5.74) is 2.56. The number of nitrogens with one attached hydrogen (secondary N) is 1. The molecule has 0 radical (unpaired) electrons. The lowest BCUT2D eigenvalue weighted by molar-refractivity contribution is 0.598. The first kappa shape index (κ1) is 20.0. The van der Waals surface area contributed by atoms with Gasteiger partial charge in [0.15, 0.2) is 0 Å². The molecule has 0 saturated carbocycles. The highest BCUT2D eigenvalue weighted by Gasteiger charge is 2.21. The standard InChI is InChI=1S/C21H22N2O4S/c1-13(2)15-5-7-16(8-6-15)18-19(21(25)20(18)24)23-12-11-14-3-9-17(10-4-14)28(22,26)27/h3-10,13,23H,11-12H2,1-2H3,(H2,22,26,27). The first-order valence-corrected chi connectivity index (χ1v) is 10.5. The highest BCUT2D eigenvalue weighted by Crippen LogP contribution is 2.25. The van der Waals surface area contributed by atoms with E-state index < -0.39 is 20.9 Å². The van der Waals surface area contributed by atoms with Crippen LogP contribution in [0.3, 0.4) is 0 Å². The van der Waals surface area contributed by atoms with E-state index in [0.29, 0.717) is 30.1 Å². The van der Waals surface area contributed by atoms with Crippen LogP contribution in [0.25, 0.3) is 11.1 Å². The summed E-state index contributed by atoms with van der Waals surface area (Å²) in [4.78, 5) is 24.1. The highest BCUT2D eigenvalue weighted by atomic mass is 32.2. The Bertz CT molecular complexity index is 1150. The predicted molar refractivity (Wildman–Crippen MR) is 111 cm³/mol. The van der Waals surface area contributed by atoms with Crippen LogP contribution in [0.2, 0.25) is 0 Å². The summed E-state index contributed by atoms with van der Waals surface area (Å²) in [5, 5.41) is 8.13. The van der Waals surface area contributed by atoms with Crippen LogP contribution in [-0.4, -0.2) is 15.0 Å². The SMILES string of the molecule is CC(C)c1ccc(-c2c(NCCc3ccc(S(N)(=O)=O)cc3)c(=O)c2=O)cc1. The lowest BCUT2D eigenvalue weighted by Crippen LogP contribution is -2.36. The fourth-order valence-electron chi connectivity index (χ4n) is 3.05. The molecule has 0 saturated heterocycles. The third-order valence-corrected chi connectivity index (χ3v) is 5.67. The molecule has 0 aromatic heterocycles. The molecule has 0 spiro atoms. The number of hydrogen-bond donors (Lipinski definition) is 2. The molecular formula is C21H22N2O4S. The molecule has 3 aromatic carbocycles. The van der Waals surface area contributed by atoms with Crippen LogP contribution in [0.4, 0.5) is 5.69 Å². The van der Waals surface area contributed by atoms with Gasteiger partial charge in [-0.1, -0.05) is 50.2 Å². The topological polar surface area (TPSA) is 106 Å². The van der Waals surface area contributed by atoms with Crippen molar-refractivity contribution in [3.8, 4) is 11.1 Å². The molecule has 146 valence electrons. The Morgan fingerprint density at radius 3 is 2.07 bits per heavy atom. The van der Waals surface area contributed by atoms with Gasteiger partial charge in [-0.25, -0.2) is 13.6 Å². The zero-order valence-electron chi connectivity index (χ0n) is 15.7. The molecule has 6 nitrogen and oxygen atoms in total. The first-order chi connectivity index (χ1) is 13.2. The van der Waals surface area contributed by atoms with Crippen molar-refractivity contribution in [1.82, 2.24) is 0 Å². The van der Waals surface area contributed by atoms with Crippen LogP contribution in [0.15, 0.2) is 63.0 Å². The second kappa shape index (κ2) is 7.69. The van der Waals surface area contributed by atoms with Gasteiger partial charge < -0.3 is 5.32 Å². The Morgan fingerprint density at radius 2 is 1.54 bits per heavy atom. The van der Waals surface area contributed by atoms with E-state index in [9.17, 15) is 18.0 Å². The van der Waals surface area contributed by atoms with Gasteiger partial charge in [0, 0.05) is 6.54 Å². The van der Waals surface area contributed by atoms with Gasteiger partial charge in [0.05, 0.1) is 16.1 Å². The molecular weight excluding hydrogens is 376 g/mol. The molecule has 0 aliphatic carbocycles. The summed E-state index contributed by atoms with van der Waals surface area (Å²) in [6.45, 7) is 4.63. The van der Waals surface area contributed by atoms with Crippen molar-refractivity contribution in [3.05, 3.63) is 80.1 Å². The smallest absolute Gasteiger partial charge is 0.250 e. The van der Waals surface area contributed by atoms with Gasteiger partial charge >= 0.3 is 0 Å². The second-order valence-corrected chi connectivity index (χ2v) is 8.61. The number of hydrogen-bond acceptors (Lipinski definition) is 5. The summed E-state index contributed by atoms with van der Waals surface area (Å²) < 4.78 is 22.6. The van der Waals surface area contributed by atoms with Gasteiger partial charge in [-0.05, 0) is 41.2 Å². The molecule has 28 heavy (non-hydrogen) atoms. The summed E-state index contributed by atoms with van der Waals surface area (Å²) in [5.74, 6) is 0.389. The fraction of sp³-hybridized carbons (Fsp3) is 0.238. The first-order valence-electron chi connectivity index (χ1n) is 8.97. The van der Waals surface area contributed by atoms with Crippen LogP contribution in [0.1, 0.15) is 30.9 Å². The molecule has 0 bridgehead atoms. The number of primary sulfonamides is 1. The maximum atomic E-state index is 12.0. The normalized spacial score (nSPS) is 11.9. The number of sulfonamides is 1. The minimum Gasteiger partial charge on any atom is -0.381 e. The Kier molecular flexibility index (Phi) is 5.49. The largest absolute Gasteiger partial charge is 0.381 e.